The van der Waals surface area contributed by atoms with E-state index >= 15 is 0 Å². The normalized spacial score (nSPS) is 10.1. The first-order valence-electron chi connectivity index (χ1n) is 6.17. The van der Waals surface area contributed by atoms with Crippen molar-refractivity contribution in [2.45, 2.75) is 6.42 Å². The fourth-order valence-electron chi connectivity index (χ4n) is 1.79. The molecular formula is C14H16N4O2. The number of aromatic nitrogens is 1. The van der Waals surface area contributed by atoms with E-state index < -0.39 is 0 Å². The van der Waals surface area contributed by atoms with Gasteiger partial charge in [-0.25, -0.2) is 0 Å². The molecule has 2 rings (SSSR count). The molecular weight excluding hydrogens is 256 g/mol. The van der Waals surface area contributed by atoms with Crippen LogP contribution in [0.5, 0.6) is 5.75 Å². The molecule has 1 amide bonds. The maximum absolute atomic E-state index is 12.0. The van der Waals surface area contributed by atoms with Crippen LogP contribution in [0.2, 0.25) is 0 Å². The lowest BCUT2D eigenvalue weighted by molar-refractivity contribution is 0.0955. The van der Waals surface area contributed by atoms with Gasteiger partial charge in [0.25, 0.3) is 5.91 Å². The molecule has 0 atom stereocenters. The highest BCUT2D eigenvalue weighted by atomic mass is 16.3. The Morgan fingerprint density at radius 3 is 2.70 bits per heavy atom. The molecule has 0 bridgehead atoms. The Kier molecular flexibility index (Phi) is 4.52. The standard InChI is InChI=1S/C14H16N4O2/c15-18-13-9-16-7-6-12(13)14(20)17-8-5-10-1-3-11(19)4-2-10/h1-4,6-7,9,18-19H,5,8,15H2,(H,17,20). The number of phenols is 1. The number of carbonyl (C=O) groups excluding carboxylic acids is 1. The third-order valence-electron chi connectivity index (χ3n) is 2.86. The molecule has 0 saturated carbocycles. The number of benzene rings is 1. The van der Waals surface area contributed by atoms with Crippen LogP contribution in [-0.4, -0.2) is 22.5 Å². The largest absolute Gasteiger partial charge is 0.508 e. The zero-order valence-electron chi connectivity index (χ0n) is 10.8. The fourth-order valence-corrected chi connectivity index (χ4v) is 1.79. The Labute approximate surface area is 116 Å². The molecule has 0 spiro atoms. The monoisotopic (exact) mass is 272 g/mol. The van der Waals surface area contributed by atoms with Gasteiger partial charge in [-0.2, -0.15) is 0 Å². The molecule has 1 aromatic heterocycles. The van der Waals surface area contributed by atoms with Crippen molar-refractivity contribution < 1.29 is 9.90 Å². The number of pyridine rings is 1. The Hall–Kier alpha value is -2.60. The van der Waals surface area contributed by atoms with Gasteiger partial charge in [0.15, 0.2) is 0 Å². The molecule has 0 aliphatic rings. The lowest BCUT2D eigenvalue weighted by Crippen LogP contribution is -2.27. The summed E-state index contributed by atoms with van der Waals surface area (Å²) in [6.07, 6.45) is 3.72. The number of nitrogens with two attached hydrogens (primary N) is 1. The molecule has 1 aromatic carbocycles. The minimum Gasteiger partial charge on any atom is -0.508 e. The number of hydrazine groups is 1. The highest BCUT2D eigenvalue weighted by molar-refractivity contribution is 5.99. The van der Waals surface area contributed by atoms with E-state index in [4.69, 9.17) is 5.84 Å². The number of carbonyl (C=O) groups is 1. The predicted molar refractivity (Wildman–Crippen MR) is 76.2 cm³/mol. The van der Waals surface area contributed by atoms with Crippen molar-refractivity contribution in [3.63, 3.8) is 0 Å². The van der Waals surface area contributed by atoms with E-state index in [0.717, 1.165) is 5.56 Å². The van der Waals surface area contributed by atoms with Gasteiger partial charge in [0.2, 0.25) is 0 Å². The number of nitrogens with zero attached hydrogens (tertiary/aromatic N) is 1. The molecule has 1 heterocycles. The van der Waals surface area contributed by atoms with Gasteiger partial charge in [-0.1, -0.05) is 12.1 Å². The van der Waals surface area contributed by atoms with Crippen LogP contribution < -0.4 is 16.6 Å². The molecule has 2 aromatic rings. The smallest absolute Gasteiger partial charge is 0.253 e. The van der Waals surface area contributed by atoms with Gasteiger partial charge in [0.05, 0.1) is 17.4 Å². The van der Waals surface area contributed by atoms with Crippen molar-refractivity contribution in [2.75, 3.05) is 12.0 Å². The minimum atomic E-state index is -0.209. The Morgan fingerprint density at radius 2 is 2.00 bits per heavy atom. The summed E-state index contributed by atoms with van der Waals surface area (Å²) >= 11 is 0. The number of amides is 1. The van der Waals surface area contributed by atoms with Gasteiger partial charge in [-0.3, -0.25) is 15.6 Å². The quantitative estimate of drug-likeness (QED) is 0.481. The molecule has 5 N–H and O–H groups in total. The Bertz CT molecular complexity index is 584. The van der Waals surface area contributed by atoms with E-state index in [2.05, 4.69) is 15.7 Å². The summed E-state index contributed by atoms with van der Waals surface area (Å²) in [5.74, 6) is 5.35. The highest BCUT2D eigenvalue weighted by Crippen LogP contribution is 2.12. The summed E-state index contributed by atoms with van der Waals surface area (Å²) < 4.78 is 0. The zero-order valence-corrected chi connectivity index (χ0v) is 10.8. The Morgan fingerprint density at radius 1 is 1.25 bits per heavy atom. The Balaban J connectivity index is 1.90. The van der Waals surface area contributed by atoms with Gasteiger partial charge in [0.1, 0.15) is 5.75 Å². The molecule has 6 nitrogen and oxygen atoms in total. The molecule has 104 valence electrons. The summed E-state index contributed by atoms with van der Waals surface area (Å²) in [4.78, 5) is 15.9. The molecule has 0 saturated heterocycles. The first-order valence-corrected chi connectivity index (χ1v) is 6.17. The van der Waals surface area contributed by atoms with E-state index in [1.54, 1.807) is 18.2 Å². The maximum Gasteiger partial charge on any atom is 0.253 e. The first kappa shape index (κ1) is 13.8. The van der Waals surface area contributed by atoms with Gasteiger partial charge < -0.3 is 15.8 Å². The maximum atomic E-state index is 12.0. The number of hydrogen-bond acceptors (Lipinski definition) is 5. The second kappa shape index (κ2) is 6.53. The third kappa shape index (κ3) is 3.46. The summed E-state index contributed by atoms with van der Waals surface area (Å²) in [5, 5.41) is 12.0. The fraction of sp³-hybridized carbons (Fsp3) is 0.143. The van der Waals surface area contributed by atoms with Crippen LogP contribution in [0.3, 0.4) is 0 Å². The van der Waals surface area contributed by atoms with Crippen LogP contribution in [0.1, 0.15) is 15.9 Å². The molecule has 0 fully saturated rings. The molecule has 0 unspecified atom stereocenters. The van der Waals surface area contributed by atoms with Gasteiger partial charge in [-0.05, 0) is 30.2 Å². The van der Waals surface area contributed by atoms with Gasteiger partial charge in [0, 0.05) is 12.7 Å². The number of nitrogen functional groups attached to an aromatic ring is 1. The van der Waals surface area contributed by atoms with Crippen LogP contribution in [0, 0.1) is 0 Å². The third-order valence-corrected chi connectivity index (χ3v) is 2.86. The van der Waals surface area contributed by atoms with Crippen LogP contribution in [-0.2, 0) is 6.42 Å². The van der Waals surface area contributed by atoms with Crippen LogP contribution in [0.25, 0.3) is 0 Å². The number of anilines is 1. The molecule has 6 heteroatoms. The average Bonchev–Trinajstić information content (AvgIpc) is 2.49. The van der Waals surface area contributed by atoms with E-state index in [1.165, 1.54) is 12.4 Å². The van der Waals surface area contributed by atoms with Crippen molar-refractivity contribution in [1.29, 1.82) is 0 Å². The lowest BCUT2D eigenvalue weighted by Gasteiger charge is -2.09. The van der Waals surface area contributed by atoms with E-state index in [-0.39, 0.29) is 11.7 Å². The van der Waals surface area contributed by atoms with Crippen LogP contribution in [0.15, 0.2) is 42.7 Å². The van der Waals surface area contributed by atoms with Crippen molar-refractivity contribution in [2.24, 2.45) is 5.84 Å². The number of nitrogens with one attached hydrogen (secondary N) is 2. The second-order valence-electron chi connectivity index (χ2n) is 4.24. The SMILES string of the molecule is NNc1cnccc1C(=O)NCCc1ccc(O)cc1. The van der Waals surface area contributed by atoms with Crippen molar-refractivity contribution in [1.82, 2.24) is 10.3 Å². The van der Waals surface area contributed by atoms with Crippen molar-refractivity contribution in [3.8, 4) is 5.75 Å². The minimum absolute atomic E-state index is 0.209. The van der Waals surface area contributed by atoms with Crippen molar-refractivity contribution >= 4 is 11.6 Å². The topological polar surface area (TPSA) is 100 Å². The molecule has 0 aliphatic heterocycles. The predicted octanol–water partition coefficient (Wildman–Crippen LogP) is 1.05. The summed E-state index contributed by atoms with van der Waals surface area (Å²) in [6.45, 7) is 0.496. The number of rotatable bonds is 5. The van der Waals surface area contributed by atoms with Crippen molar-refractivity contribution in [3.05, 3.63) is 53.9 Å². The average molecular weight is 272 g/mol. The summed E-state index contributed by atoms with van der Waals surface area (Å²) in [5.41, 5.74) is 4.41. The van der Waals surface area contributed by atoms with E-state index in [0.29, 0.717) is 24.2 Å². The zero-order chi connectivity index (χ0) is 14.4. The lowest BCUT2D eigenvalue weighted by atomic mass is 10.1. The highest BCUT2D eigenvalue weighted by Gasteiger charge is 2.09. The number of hydrogen-bond donors (Lipinski definition) is 4. The van der Waals surface area contributed by atoms with Gasteiger partial charge in [-0.15, -0.1) is 0 Å². The number of phenolic OH excluding ortho intramolecular Hbond substituents is 1. The molecule has 0 aliphatic carbocycles. The van der Waals surface area contributed by atoms with Gasteiger partial charge >= 0.3 is 0 Å². The van der Waals surface area contributed by atoms with Crippen LogP contribution in [0.4, 0.5) is 5.69 Å². The van der Waals surface area contributed by atoms with E-state index in [9.17, 15) is 9.90 Å². The molecule has 0 radical (unpaired) electrons. The number of aromatic hydroxyl groups is 1. The second-order valence-corrected chi connectivity index (χ2v) is 4.24. The summed E-state index contributed by atoms with van der Waals surface area (Å²) in [6, 6.07) is 8.49. The first-order chi connectivity index (χ1) is 9.70. The molecule has 20 heavy (non-hydrogen) atoms. The summed E-state index contributed by atoms with van der Waals surface area (Å²) in [7, 11) is 0. The van der Waals surface area contributed by atoms with Crippen LogP contribution >= 0.6 is 0 Å². The van der Waals surface area contributed by atoms with E-state index in [1.807, 2.05) is 12.1 Å².